The van der Waals surface area contributed by atoms with E-state index in [0.29, 0.717) is 6.42 Å². The van der Waals surface area contributed by atoms with Gasteiger partial charge < -0.3 is 15.5 Å². The number of anilines is 1. The number of nitrogens with one attached hydrogen (secondary N) is 1. The molecule has 3 N–H and O–H groups in total. The lowest BCUT2D eigenvalue weighted by Crippen LogP contribution is -2.41. The van der Waals surface area contributed by atoms with E-state index in [1.807, 2.05) is 6.07 Å². The first-order valence-electron chi connectivity index (χ1n) is 5.23. The minimum atomic E-state index is -0.856. The number of aliphatic carboxylic acids is 1. The van der Waals surface area contributed by atoms with Gasteiger partial charge in [-0.3, -0.25) is 4.79 Å². The fraction of sp³-hybridized carbons (Fsp3) is 0.417. The summed E-state index contributed by atoms with van der Waals surface area (Å²) in [6.45, 7) is 3.38. The molecule has 0 aromatic heterocycles. The predicted octanol–water partition coefficient (Wildman–Crippen LogP) is 1.84. The van der Waals surface area contributed by atoms with Crippen molar-refractivity contribution in [2.24, 2.45) is 5.41 Å². The maximum absolute atomic E-state index is 11.1. The molecule has 2 rings (SSSR count). The van der Waals surface area contributed by atoms with Gasteiger partial charge in [0.2, 0.25) is 0 Å². The third-order valence-corrected chi connectivity index (χ3v) is 3.31. The second-order valence-electron chi connectivity index (χ2n) is 4.73. The second-order valence-corrected chi connectivity index (χ2v) is 4.73. The standard InChI is InChI=1S/C12H15NO3/c1-12(2,11(15)16)10-6-7-8(13-10)4-3-5-9(7)14/h3-5,10,13-14H,6H2,1-2H3,(H,15,16). The smallest absolute Gasteiger partial charge is 0.311 e. The van der Waals surface area contributed by atoms with Gasteiger partial charge in [-0.2, -0.15) is 0 Å². The van der Waals surface area contributed by atoms with Crippen molar-refractivity contribution < 1.29 is 15.0 Å². The van der Waals surface area contributed by atoms with Crippen molar-refractivity contribution in [3.05, 3.63) is 23.8 Å². The van der Waals surface area contributed by atoms with Crippen LogP contribution >= 0.6 is 0 Å². The summed E-state index contributed by atoms with van der Waals surface area (Å²) in [5, 5.41) is 22.0. The first-order valence-corrected chi connectivity index (χ1v) is 5.23. The Morgan fingerprint density at radius 1 is 1.50 bits per heavy atom. The molecule has 1 aromatic rings. The molecule has 1 aromatic carbocycles. The van der Waals surface area contributed by atoms with Crippen molar-refractivity contribution in [1.82, 2.24) is 0 Å². The van der Waals surface area contributed by atoms with E-state index in [1.54, 1.807) is 26.0 Å². The number of carboxylic acid groups (broad SMARTS) is 1. The van der Waals surface area contributed by atoms with Crippen LogP contribution in [0.4, 0.5) is 5.69 Å². The molecule has 0 fully saturated rings. The van der Waals surface area contributed by atoms with Crippen molar-refractivity contribution in [3.8, 4) is 5.75 Å². The Hall–Kier alpha value is -1.71. The van der Waals surface area contributed by atoms with Crippen LogP contribution in [0.1, 0.15) is 19.4 Å². The van der Waals surface area contributed by atoms with Crippen molar-refractivity contribution in [2.45, 2.75) is 26.3 Å². The summed E-state index contributed by atoms with van der Waals surface area (Å²) >= 11 is 0. The normalized spacial score (nSPS) is 19.0. The molecule has 1 heterocycles. The number of phenolic OH excluding ortho intramolecular Hbond substituents is 1. The number of fused-ring (bicyclic) bond motifs is 1. The molecule has 1 aliphatic heterocycles. The van der Waals surface area contributed by atoms with Crippen LogP contribution in [0.3, 0.4) is 0 Å². The van der Waals surface area contributed by atoms with Gasteiger partial charge >= 0.3 is 5.97 Å². The van der Waals surface area contributed by atoms with Gasteiger partial charge in [-0.1, -0.05) is 6.07 Å². The topological polar surface area (TPSA) is 69.6 Å². The molecule has 0 spiro atoms. The van der Waals surface area contributed by atoms with E-state index in [2.05, 4.69) is 5.32 Å². The van der Waals surface area contributed by atoms with Gasteiger partial charge in [0, 0.05) is 17.3 Å². The van der Waals surface area contributed by atoms with E-state index in [4.69, 9.17) is 5.11 Å². The highest BCUT2D eigenvalue weighted by Gasteiger charge is 2.40. The van der Waals surface area contributed by atoms with Gasteiger partial charge in [-0.15, -0.1) is 0 Å². The lowest BCUT2D eigenvalue weighted by Gasteiger charge is -2.27. The highest BCUT2D eigenvalue weighted by Crippen LogP contribution is 2.38. The van der Waals surface area contributed by atoms with Gasteiger partial charge in [0.25, 0.3) is 0 Å². The zero-order chi connectivity index (χ0) is 11.9. The molecule has 0 radical (unpaired) electrons. The Morgan fingerprint density at radius 2 is 2.19 bits per heavy atom. The highest BCUT2D eigenvalue weighted by atomic mass is 16.4. The molecule has 1 atom stereocenters. The summed E-state index contributed by atoms with van der Waals surface area (Å²) in [4.78, 5) is 11.1. The zero-order valence-electron chi connectivity index (χ0n) is 9.32. The van der Waals surface area contributed by atoms with Crippen molar-refractivity contribution in [2.75, 3.05) is 5.32 Å². The fourth-order valence-electron chi connectivity index (χ4n) is 1.95. The first-order chi connectivity index (χ1) is 7.43. The molecule has 0 aliphatic carbocycles. The van der Waals surface area contributed by atoms with Crippen LogP contribution in [0.25, 0.3) is 0 Å². The molecular weight excluding hydrogens is 206 g/mol. The van der Waals surface area contributed by atoms with E-state index in [9.17, 15) is 9.90 Å². The molecular formula is C12H15NO3. The monoisotopic (exact) mass is 221 g/mol. The average molecular weight is 221 g/mol. The Bertz CT molecular complexity index is 440. The molecule has 0 saturated heterocycles. The summed E-state index contributed by atoms with van der Waals surface area (Å²) in [5.74, 6) is -0.606. The number of hydrogen-bond donors (Lipinski definition) is 3. The van der Waals surface area contributed by atoms with Crippen molar-refractivity contribution in [1.29, 1.82) is 0 Å². The van der Waals surface area contributed by atoms with Crippen LogP contribution in [-0.4, -0.2) is 22.2 Å². The van der Waals surface area contributed by atoms with Crippen LogP contribution in [0.5, 0.6) is 5.75 Å². The van der Waals surface area contributed by atoms with Gasteiger partial charge in [0.15, 0.2) is 0 Å². The molecule has 4 nitrogen and oxygen atoms in total. The molecule has 0 amide bonds. The van der Waals surface area contributed by atoms with Crippen molar-refractivity contribution >= 4 is 11.7 Å². The lowest BCUT2D eigenvalue weighted by atomic mass is 9.83. The number of aromatic hydroxyl groups is 1. The second kappa shape index (κ2) is 3.40. The number of carboxylic acids is 1. The summed E-state index contributed by atoms with van der Waals surface area (Å²) in [6, 6.07) is 5.04. The Morgan fingerprint density at radius 3 is 2.75 bits per heavy atom. The van der Waals surface area contributed by atoms with Gasteiger partial charge in [-0.25, -0.2) is 0 Å². The predicted molar refractivity (Wildman–Crippen MR) is 60.6 cm³/mol. The van der Waals surface area contributed by atoms with E-state index >= 15 is 0 Å². The summed E-state index contributed by atoms with van der Waals surface area (Å²) in [5.41, 5.74) is 0.784. The number of phenols is 1. The van der Waals surface area contributed by atoms with Crippen LogP contribution in [-0.2, 0) is 11.2 Å². The molecule has 1 aliphatic rings. The van der Waals surface area contributed by atoms with Gasteiger partial charge in [0.05, 0.1) is 5.41 Å². The molecule has 0 bridgehead atoms. The molecule has 0 saturated carbocycles. The molecule has 4 heteroatoms. The molecule has 16 heavy (non-hydrogen) atoms. The van der Waals surface area contributed by atoms with E-state index in [0.717, 1.165) is 11.3 Å². The van der Waals surface area contributed by atoms with E-state index < -0.39 is 11.4 Å². The van der Waals surface area contributed by atoms with E-state index in [1.165, 1.54) is 0 Å². The van der Waals surface area contributed by atoms with Crippen LogP contribution < -0.4 is 5.32 Å². The molecule has 1 unspecified atom stereocenters. The van der Waals surface area contributed by atoms with Gasteiger partial charge in [0.1, 0.15) is 5.75 Å². The fourth-order valence-corrected chi connectivity index (χ4v) is 1.95. The molecule has 86 valence electrons. The number of rotatable bonds is 2. The minimum Gasteiger partial charge on any atom is -0.508 e. The Labute approximate surface area is 93.9 Å². The highest BCUT2D eigenvalue weighted by molar-refractivity contribution is 5.77. The quantitative estimate of drug-likeness (QED) is 0.712. The third-order valence-electron chi connectivity index (χ3n) is 3.31. The summed E-state index contributed by atoms with van der Waals surface area (Å²) in [6.07, 6.45) is 0.543. The summed E-state index contributed by atoms with van der Waals surface area (Å²) < 4.78 is 0. The van der Waals surface area contributed by atoms with Crippen LogP contribution in [0.2, 0.25) is 0 Å². The first kappa shape index (κ1) is 10.8. The van der Waals surface area contributed by atoms with Gasteiger partial charge in [-0.05, 0) is 32.4 Å². The minimum absolute atomic E-state index is 0.187. The number of carbonyl (C=O) groups is 1. The maximum Gasteiger partial charge on any atom is 0.311 e. The largest absolute Gasteiger partial charge is 0.508 e. The van der Waals surface area contributed by atoms with Crippen LogP contribution in [0.15, 0.2) is 18.2 Å². The lowest BCUT2D eigenvalue weighted by molar-refractivity contribution is -0.147. The maximum atomic E-state index is 11.1. The Kier molecular flexibility index (Phi) is 2.30. The number of hydrogen-bond acceptors (Lipinski definition) is 3. The van der Waals surface area contributed by atoms with Crippen LogP contribution in [0, 0.1) is 5.41 Å². The third kappa shape index (κ3) is 1.50. The zero-order valence-corrected chi connectivity index (χ0v) is 9.32. The number of benzene rings is 1. The average Bonchev–Trinajstić information content (AvgIpc) is 2.63. The van der Waals surface area contributed by atoms with Crippen molar-refractivity contribution in [3.63, 3.8) is 0 Å². The summed E-state index contributed by atoms with van der Waals surface area (Å²) in [7, 11) is 0. The Balaban J connectivity index is 2.30. The van der Waals surface area contributed by atoms with E-state index in [-0.39, 0.29) is 11.8 Å². The SMILES string of the molecule is CC(C)(C(=O)O)C1Cc2c(O)cccc2N1.